The molecule has 0 spiro atoms. The van der Waals surface area contributed by atoms with Crippen LogP contribution in [-0.4, -0.2) is 33.0 Å². The number of tetrazole rings is 1. The summed E-state index contributed by atoms with van der Waals surface area (Å²) >= 11 is 0. The molecule has 1 aromatic heterocycles. The van der Waals surface area contributed by atoms with Gasteiger partial charge in [-0.15, -0.1) is 0 Å². The van der Waals surface area contributed by atoms with E-state index < -0.39 is 5.79 Å². The molecule has 1 aliphatic heterocycles. The van der Waals surface area contributed by atoms with Crippen LogP contribution in [0, 0.1) is 13.8 Å². The molecule has 0 saturated carbocycles. The quantitative estimate of drug-likeness (QED) is 0.659. The Kier molecular flexibility index (Phi) is 4.97. The summed E-state index contributed by atoms with van der Waals surface area (Å²) in [4.78, 5) is 12.3. The summed E-state index contributed by atoms with van der Waals surface area (Å²) in [5.41, 5.74) is 4.19. The second kappa shape index (κ2) is 7.46. The maximum atomic E-state index is 12.3. The van der Waals surface area contributed by atoms with Gasteiger partial charge in [0.25, 0.3) is 0 Å². The molecular formula is C21H24N4O4. The summed E-state index contributed by atoms with van der Waals surface area (Å²) < 4.78 is 20.1. The molecule has 3 aromatic rings. The van der Waals surface area contributed by atoms with E-state index in [1.165, 1.54) is 9.36 Å². The average Bonchev–Trinajstić information content (AvgIpc) is 3.28. The van der Waals surface area contributed by atoms with Gasteiger partial charge in [-0.2, -0.15) is 9.36 Å². The lowest BCUT2D eigenvalue weighted by Crippen LogP contribution is -2.23. The standard InChI is InChI=1S/C21H24N4O4/c1-14-6-5-7-18(25-20(26)24(4)22-23-25)17(14)13-27-19-9-8-16(12-15(19)2)21(3)28-10-11-29-21/h5-9,12H,10-11,13H2,1-4H3. The fourth-order valence-electron chi connectivity index (χ4n) is 3.46. The second-order valence-corrected chi connectivity index (χ2v) is 7.28. The lowest BCUT2D eigenvalue weighted by Gasteiger charge is -2.23. The highest BCUT2D eigenvalue weighted by Gasteiger charge is 2.33. The zero-order chi connectivity index (χ0) is 20.6. The van der Waals surface area contributed by atoms with E-state index >= 15 is 0 Å². The average molecular weight is 396 g/mol. The van der Waals surface area contributed by atoms with E-state index in [1.54, 1.807) is 7.05 Å². The van der Waals surface area contributed by atoms with Crippen LogP contribution in [0.15, 0.2) is 41.2 Å². The molecule has 8 nitrogen and oxygen atoms in total. The van der Waals surface area contributed by atoms with Gasteiger partial charge in [-0.3, -0.25) is 0 Å². The van der Waals surface area contributed by atoms with E-state index in [0.717, 1.165) is 28.0 Å². The van der Waals surface area contributed by atoms with E-state index in [4.69, 9.17) is 14.2 Å². The van der Waals surface area contributed by atoms with Gasteiger partial charge in [0.1, 0.15) is 12.4 Å². The first kappa shape index (κ1) is 19.4. The van der Waals surface area contributed by atoms with Crippen LogP contribution in [0.2, 0.25) is 0 Å². The zero-order valence-electron chi connectivity index (χ0n) is 17.0. The van der Waals surface area contributed by atoms with Gasteiger partial charge in [0.2, 0.25) is 0 Å². The van der Waals surface area contributed by atoms with Crippen molar-refractivity contribution in [2.45, 2.75) is 33.2 Å². The molecule has 0 aliphatic carbocycles. The van der Waals surface area contributed by atoms with Crippen LogP contribution < -0.4 is 10.4 Å². The summed E-state index contributed by atoms with van der Waals surface area (Å²) in [7, 11) is 1.57. The Bertz CT molecular complexity index is 1100. The molecule has 8 heteroatoms. The van der Waals surface area contributed by atoms with Gasteiger partial charge >= 0.3 is 5.69 Å². The fraction of sp³-hybridized carbons (Fsp3) is 0.381. The van der Waals surface area contributed by atoms with Crippen molar-refractivity contribution in [1.82, 2.24) is 19.8 Å². The minimum atomic E-state index is -0.709. The molecule has 0 amide bonds. The Morgan fingerprint density at radius 3 is 2.52 bits per heavy atom. The Balaban J connectivity index is 1.60. The molecule has 1 aliphatic rings. The third-order valence-electron chi connectivity index (χ3n) is 5.24. The number of benzene rings is 2. The highest BCUT2D eigenvalue weighted by molar-refractivity contribution is 5.45. The Morgan fingerprint density at radius 2 is 1.86 bits per heavy atom. The van der Waals surface area contributed by atoms with Gasteiger partial charge in [-0.05, 0) is 66.6 Å². The zero-order valence-corrected chi connectivity index (χ0v) is 17.0. The van der Waals surface area contributed by atoms with E-state index in [1.807, 2.05) is 57.2 Å². The van der Waals surface area contributed by atoms with Crippen molar-refractivity contribution in [3.8, 4) is 11.4 Å². The molecule has 0 atom stereocenters. The number of aromatic nitrogens is 4. The first-order valence-corrected chi connectivity index (χ1v) is 9.49. The number of hydrogen-bond donors (Lipinski definition) is 0. The smallest absolute Gasteiger partial charge is 0.368 e. The minimum Gasteiger partial charge on any atom is -0.489 e. The van der Waals surface area contributed by atoms with Crippen molar-refractivity contribution in [2.24, 2.45) is 7.05 Å². The van der Waals surface area contributed by atoms with Crippen LogP contribution in [-0.2, 0) is 28.9 Å². The van der Waals surface area contributed by atoms with Crippen LogP contribution in [0.3, 0.4) is 0 Å². The third-order valence-corrected chi connectivity index (χ3v) is 5.24. The van der Waals surface area contributed by atoms with Crippen molar-refractivity contribution < 1.29 is 14.2 Å². The first-order chi connectivity index (χ1) is 13.9. The van der Waals surface area contributed by atoms with Crippen molar-refractivity contribution in [2.75, 3.05) is 13.2 Å². The van der Waals surface area contributed by atoms with Crippen molar-refractivity contribution >= 4 is 0 Å². The maximum absolute atomic E-state index is 12.3. The monoisotopic (exact) mass is 396 g/mol. The Morgan fingerprint density at radius 1 is 1.10 bits per heavy atom. The lowest BCUT2D eigenvalue weighted by molar-refractivity contribution is -0.149. The molecule has 1 saturated heterocycles. The second-order valence-electron chi connectivity index (χ2n) is 7.28. The minimum absolute atomic E-state index is 0.301. The topological polar surface area (TPSA) is 80.4 Å². The van der Waals surface area contributed by atoms with Gasteiger partial charge in [0, 0.05) is 18.2 Å². The van der Waals surface area contributed by atoms with Gasteiger partial charge in [0.05, 0.1) is 18.9 Å². The lowest BCUT2D eigenvalue weighted by atomic mass is 10.0. The molecule has 1 fully saturated rings. The summed E-state index contributed by atoms with van der Waals surface area (Å²) in [6.45, 7) is 7.37. The molecule has 2 heterocycles. The van der Waals surface area contributed by atoms with Gasteiger partial charge in [-0.25, -0.2) is 4.79 Å². The Hall–Kier alpha value is -2.97. The van der Waals surface area contributed by atoms with Gasteiger partial charge < -0.3 is 14.2 Å². The SMILES string of the molecule is Cc1cc(C2(C)OCCO2)ccc1OCc1c(C)cccc1-n1nnn(C)c1=O. The summed E-state index contributed by atoms with van der Waals surface area (Å²) in [5.74, 6) is 0.0515. The van der Waals surface area contributed by atoms with Crippen LogP contribution in [0.5, 0.6) is 5.75 Å². The number of nitrogens with zero attached hydrogens (tertiary/aromatic N) is 4. The molecule has 0 bridgehead atoms. The Labute approximate surface area is 168 Å². The number of hydrogen-bond acceptors (Lipinski definition) is 6. The van der Waals surface area contributed by atoms with Crippen molar-refractivity contribution in [3.63, 3.8) is 0 Å². The summed E-state index contributed by atoms with van der Waals surface area (Å²) in [6.07, 6.45) is 0. The number of ether oxygens (including phenoxy) is 3. The molecule has 2 aromatic carbocycles. The van der Waals surface area contributed by atoms with Crippen LogP contribution in [0.1, 0.15) is 29.2 Å². The van der Waals surface area contributed by atoms with Gasteiger partial charge in [-0.1, -0.05) is 12.1 Å². The molecule has 29 heavy (non-hydrogen) atoms. The first-order valence-electron chi connectivity index (χ1n) is 9.49. The summed E-state index contributed by atoms with van der Waals surface area (Å²) in [6, 6.07) is 11.6. The number of aryl methyl sites for hydroxylation is 3. The third kappa shape index (κ3) is 3.56. The van der Waals surface area contributed by atoms with Crippen LogP contribution in [0.25, 0.3) is 5.69 Å². The predicted octanol–water partition coefficient (Wildman–Crippen LogP) is 2.38. The van der Waals surface area contributed by atoms with Crippen LogP contribution >= 0.6 is 0 Å². The number of rotatable bonds is 5. The molecular weight excluding hydrogens is 372 g/mol. The molecule has 4 rings (SSSR count). The predicted molar refractivity (Wildman–Crippen MR) is 106 cm³/mol. The van der Waals surface area contributed by atoms with Gasteiger partial charge in [0.15, 0.2) is 5.79 Å². The van der Waals surface area contributed by atoms with Crippen molar-refractivity contribution in [3.05, 3.63) is 69.1 Å². The molecule has 0 unspecified atom stereocenters. The van der Waals surface area contributed by atoms with E-state index in [9.17, 15) is 4.79 Å². The highest BCUT2D eigenvalue weighted by atomic mass is 16.7. The highest BCUT2D eigenvalue weighted by Crippen LogP contribution is 2.33. The van der Waals surface area contributed by atoms with E-state index in [-0.39, 0.29) is 5.69 Å². The fourth-order valence-corrected chi connectivity index (χ4v) is 3.46. The van der Waals surface area contributed by atoms with E-state index in [0.29, 0.717) is 25.5 Å². The molecule has 152 valence electrons. The summed E-state index contributed by atoms with van der Waals surface area (Å²) in [5, 5.41) is 7.76. The molecule has 0 radical (unpaired) electrons. The van der Waals surface area contributed by atoms with E-state index in [2.05, 4.69) is 10.4 Å². The van der Waals surface area contributed by atoms with Crippen molar-refractivity contribution in [1.29, 1.82) is 0 Å². The molecule has 0 N–H and O–H groups in total. The largest absolute Gasteiger partial charge is 0.489 e. The van der Waals surface area contributed by atoms with Crippen LogP contribution in [0.4, 0.5) is 0 Å². The normalized spacial score (nSPS) is 15.6. The maximum Gasteiger partial charge on any atom is 0.368 e.